The maximum Gasteiger partial charge on any atom is 0.329 e. The molecule has 1 aromatic rings. The van der Waals surface area contributed by atoms with E-state index in [1.54, 1.807) is 24.3 Å². The number of hydrogen-bond donors (Lipinski definition) is 2. The van der Waals surface area contributed by atoms with E-state index in [9.17, 15) is 19.5 Å². The van der Waals surface area contributed by atoms with Gasteiger partial charge in [-0.3, -0.25) is 9.59 Å². The topological polar surface area (TPSA) is 92.7 Å². The Morgan fingerprint density at radius 1 is 1.18 bits per heavy atom. The molecule has 22 heavy (non-hydrogen) atoms. The molecule has 0 atom stereocenters. The first-order chi connectivity index (χ1) is 10.4. The van der Waals surface area contributed by atoms with E-state index in [0.717, 1.165) is 12.8 Å². The molecule has 2 rings (SSSR count). The third-order valence-electron chi connectivity index (χ3n) is 3.88. The maximum absolute atomic E-state index is 11.9. The van der Waals surface area contributed by atoms with Crippen LogP contribution in [-0.4, -0.2) is 34.9 Å². The van der Waals surface area contributed by atoms with Gasteiger partial charge in [-0.15, -0.1) is 0 Å². The van der Waals surface area contributed by atoms with E-state index in [1.807, 2.05) is 0 Å². The number of amides is 1. The number of carbonyl (C=O) groups excluding carboxylic acids is 2. The van der Waals surface area contributed by atoms with E-state index in [2.05, 4.69) is 5.32 Å². The summed E-state index contributed by atoms with van der Waals surface area (Å²) >= 11 is 0. The van der Waals surface area contributed by atoms with E-state index in [-0.39, 0.29) is 12.4 Å². The average molecular weight is 305 g/mol. The van der Waals surface area contributed by atoms with Gasteiger partial charge in [0.15, 0.2) is 12.4 Å². The molecule has 1 aliphatic carbocycles. The molecule has 0 saturated heterocycles. The zero-order chi connectivity index (χ0) is 16.2. The highest BCUT2D eigenvalue weighted by molar-refractivity contribution is 5.94. The number of hydrogen-bond acceptors (Lipinski definition) is 4. The van der Waals surface area contributed by atoms with Gasteiger partial charge in [-0.1, -0.05) is 12.8 Å². The average Bonchev–Trinajstić information content (AvgIpc) is 2.95. The predicted molar refractivity (Wildman–Crippen MR) is 78.9 cm³/mol. The minimum absolute atomic E-state index is 0.0473. The van der Waals surface area contributed by atoms with Crippen LogP contribution in [0.4, 0.5) is 0 Å². The van der Waals surface area contributed by atoms with Crippen LogP contribution in [0, 0.1) is 0 Å². The zero-order valence-electron chi connectivity index (χ0n) is 12.4. The van der Waals surface area contributed by atoms with Gasteiger partial charge in [-0.05, 0) is 44.0 Å². The SMILES string of the molecule is CC(=O)c1ccc(OCC(=O)NC2(C(=O)O)CCCC2)cc1. The van der Waals surface area contributed by atoms with Crippen molar-refractivity contribution in [1.82, 2.24) is 5.32 Å². The summed E-state index contributed by atoms with van der Waals surface area (Å²) in [5.74, 6) is -1.05. The molecular weight excluding hydrogens is 286 g/mol. The van der Waals surface area contributed by atoms with Crippen LogP contribution < -0.4 is 10.1 Å². The molecule has 0 aromatic heterocycles. The molecule has 1 saturated carbocycles. The summed E-state index contributed by atoms with van der Waals surface area (Å²) in [6.07, 6.45) is 2.47. The van der Waals surface area contributed by atoms with Crippen molar-refractivity contribution in [3.63, 3.8) is 0 Å². The molecule has 6 heteroatoms. The number of benzene rings is 1. The fourth-order valence-corrected chi connectivity index (χ4v) is 2.61. The van der Waals surface area contributed by atoms with Crippen molar-refractivity contribution in [1.29, 1.82) is 0 Å². The van der Waals surface area contributed by atoms with Crippen LogP contribution in [0.3, 0.4) is 0 Å². The molecule has 1 fully saturated rings. The number of aliphatic carboxylic acids is 1. The van der Waals surface area contributed by atoms with E-state index in [1.165, 1.54) is 6.92 Å². The second-order valence-corrected chi connectivity index (χ2v) is 5.51. The lowest BCUT2D eigenvalue weighted by atomic mass is 9.98. The van der Waals surface area contributed by atoms with E-state index in [4.69, 9.17) is 4.74 Å². The second kappa shape index (κ2) is 6.60. The van der Waals surface area contributed by atoms with Crippen LogP contribution in [0.2, 0.25) is 0 Å². The van der Waals surface area contributed by atoms with Crippen LogP contribution in [0.5, 0.6) is 5.75 Å². The van der Waals surface area contributed by atoms with E-state index >= 15 is 0 Å². The molecule has 0 heterocycles. The molecule has 0 radical (unpaired) electrons. The van der Waals surface area contributed by atoms with E-state index in [0.29, 0.717) is 24.2 Å². The minimum atomic E-state index is -1.15. The van der Waals surface area contributed by atoms with Crippen LogP contribution in [-0.2, 0) is 9.59 Å². The van der Waals surface area contributed by atoms with Crippen LogP contribution in [0.15, 0.2) is 24.3 Å². The van der Waals surface area contributed by atoms with Gasteiger partial charge >= 0.3 is 5.97 Å². The molecular formula is C16H19NO5. The number of nitrogens with one attached hydrogen (secondary N) is 1. The number of rotatable bonds is 6. The van der Waals surface area contributed by atoms with Crippen LogP contribution in [0.1, 0.15) is 43.0 Å². The number of carboxylic acid groups (broad SMARTS) is 1. The number of ether oxygens (including phenoxy) is 1. The molecule has 118 valence electrons. The highest BCUT2D eigenvalue weighted by Gasteiger charge is 2.42. The third kappa shape index (κ3) is 3.63. The first kappa shape index (κ1) is 16.0. The highest BCUT2D eigenvalue weighted by atomic mass is 16.5. The fraction of sp³-hybridized carbons (Fsp3) is 0.438. The number of carbonyl (C=O) groups is 3. The van der Waals surface area contributed by atoms with Crippen molar-refractivity contribution in [2.45, 2.75) is 38.1 Å². The largest absolute Gasteiger partial charge is 0.484 e. The summed E-state index contributed by atoms with van der Waals surface area (Å²) in [5.41, 5.74) is -0.591. The van der Waals surface area contributed by atoms with Crippen LogP contribution in [0.25, 0.3) is 0 Å². The van der Waals surface area contributed by atoms with Gasteiger partial charge in [0.2, 0.25) is 0 Å². The predicted octanol–water partition coefficient (Wildman–Crippen LogP) is 1.78. The summed E-state index contributed by atoms with van der Waals surface area (Å²) in [5, 5.41) is 11.9. The Morgan fingerprint density at radius 2 is 1.77 bits per heavy atom. The smallest absolute Gasteiger partial charge is 0.329 e. The van der Waals surface area contributed by atoms with Gasteiger partial charge in [-0.2, -0.15) is 0 Å². The van der Waals surface area contributed by atoms with Gasteiger partial charge in [0, 0.05) is 5.56 Å². The molecule has 2 N–H and O–H groups in total. The summed E-state index contributed by atoms with van der Waals surface area (Å²) in [7, 11) is 0. The summed E-state index contributed by atoms with van der Waals surface area (Å²) in [4.78, 5) is 34.4. The van der Waals surface area contributed by atoms with Crippen molar-refractivity contribution in [3.05, 3.63) is 29.8 Å². The normalized spacial score (nSPS) is 16.0. The Labute approximate surface area is 128 Å². The van der Waals surface area contributed by atoms with Gasteiger partial charge in [0.05, 0.1) is 0 Å². The molecule has 0 unspecified atom stereocenters. The molecule has 1 aromatic carbocycles. The van der Waals surface area contributed by atoms with Gasteiger partial charge in [0.1, 0.15) is 11.3 Å². The Balaban J connectivity index is 1.89. The number of carboxylic acids is 1. The van der Waals surface area contributed by atoms with E-state index < -0.39 is 17.4 Å². The van der Waals surface area contributed by atoms with Crippen molar-refractivity contribution < 1.29 is 24.2 Å². The van der Waals surface area contributed by atoms with Crippen molar-refractivity contribution in [3.8, 4) is 5.75 Å². The third-order valence-corrected chi connectivity index (χ3v) is 3.88. The molecule has 6 nitrogen and oxygen atoms in total. The standard InChI is InChI=1S/C16H19NO5/c1-11(18)12-4-6-13(7-5-12)22-10-14(19)17-16(15(20)21)8-2-3-9-16/h4-7H,2-3,8-10H2,1H3,(H,17,19)(H,20,21). The minimum Gasteiger partial charge on any atom is -0.484 e. The van der Waals surface area contributed by atoms with Gasteiger partial charge in [0.25, 0.3) is 5.91 Å². The lowest BCUT2D eigenvalue weighted by molar-refractivity contribution is -0.147. The van der Waals surface area contributed by atoms with Crippen molar-refractivity contribution in [2.24, 2.45) is 0 Å². The molecule has 1 amide bonds. The molecule has 1 aliphatic rings. The first-order valence-corrected chi connectivity index (χ1v) is 7.21. The first-order valence-electron chi connectivity index (χ1n) is 7.21. The highest BCUT2D eigenvalue weighted by Crippen LogP contribution is 2.29. The quantitative estimate of drug-likeness (QED) is 0.782. The Morgan fingerprint density at radius 3 is 2.27 bits per heavy atom. The monoisotopic (exact) mass is 305 g/mol. The van der Waals surface area contributed by atoms with Gasteiger partial charge in [-0.25, -0.2) is 4.79 Å². The maximum atomic E-state index is 11.9. The molecule has 0 bridgehead atoms. The number of ketones is 1. The Kier molecular flexibility index (Phi) is 4.80. The fourth-order valence-electron chi connectivity index (χ4n) is 2.61. The second-order valence-electron chi connectivity index (χ2n) is 5.51. The lowest BCUT2D eigenvalue weighted by Gasteiger charge is -2.25. The van der Waals surface area contributed by atoms with Gasteiger partial charge < -0.3 is 15.2 Å². The van der Waals surface area contributed by atoms with Crippen LogP contribution >= 0.6 is 0 Å². The Hall–Kier alpha value is -2.37. The summed E-state index contributed by atoms with van der Waals surface area (Å²) < 4.78 is 5.32. The zero-order valence-corrected chi connectivity index (χ0v) is 12.4. The molecule has 0 spiro atoms. The molecule has 0 aliphatic heterocycles. The number of Topliss-reactive ketones (excluding diaryl/α,β-unsaturated/α-hetero) is 1. The summed E-state index contributed by atoms with van der Waals surface area (Å²) in [6.45, 7) is 1.21. The summed E-state index contributed by atoms with van der Waals surface area (Å²) in [6, 6.07) is 6.44. The lowest BCUT2D eigenvalue weighted by Crippen LogP contribution is -2.53. The van der Waals surface area contributed by atoms with Crippen molar-refractivity contribution >= 4 is 17.7 Å². The van der Waals surface area contributed by atoms with Crippen molar-refractivity contribution in [2.75, 3.05) is 6.61 Å². The Bertz CT molecular complexity index is 573.